The molecule has 1 rings (SSSR count). The normalized spacial score (nSPS) is 20.4. The van der Waals surface area contributed by atoms with Gasteiger partial charge in [-0.05, 0) is 19.3 Å². The van der Waals surface area contributed by atoms with E-state index in [1.165, 1.54) is 19.3 Å². The fraction of sp³-hybridized carbons (Fsp3) is 0.929. The van der Waals surface area contributed by atoms with E-state index in [4.69, 9.17) is 10.5 Å². The van der Waals surface area contributed by atoms with Gasteiger partial charge in [0.1, 0.15) is 0 Å². The minimum atomic E-state index is -0.127. The van der Waals surface area contributed by atoms with E-state index in [1.807, 2.05) is 6.92 Å². The molecule has 0 heterocycles. The van der Waals surface area contributed by atoms with E-state index >= 15 is 0 Å². The van der Waals surface area contributed by atoms with Crippen LogP contribution >= 0.6 is 0 Å². The van der Waals surface area contributed by atoms with Gasteiger partial charge in [0.15, 0.2) is 0 Å². The number of nitrogens with one attached hydrogen (secondary N) is 1. The molecule has 1 unspecified atom stereocenters. The van der Waals surface area contributed by atoms with Gasteiger partial charge in [0.2, 0.25) is 5.91 Å². The first-order valence-corrected chi connectivity index (χ1v) is 7.25. The molecule has 1 aliphatic rings. The Morgan fingerprint density at radius 3 is 2.61 bits per heavy atom. The minimum Gasteiger partial charge on any atom is -0.373 e. The lowest BCUT2D eigenvalue weighted by molar-refractivity contribution is -0.127. The number of rotatable bonds is 7. The van der Waals surface area contributed by atoms with Crippen molar-refractivity contribution in [2.24, 2.45) is 11.7 Å². The zero-order chi connectivity index (χ0) is 13.4. The van der Waals surface area contributed by atoms with Gasteiger partial charge in [0, 0.05) is 25.6 Å². The van der Waals surface area contributed by atoms with E-state index in [2.05, 4.69) is 12.2 Å². The van der Waals surface area contributed by atoms with Crippen LogP contribution in [0.2, 0.25) is 0 Å². The van der Waals surface area contributed by atoms with E-state index in [0.717, 1.165) is 25.9 Å². The highest BCUT2D eigenvalue weighted by molar-refractivity contribution is 5.78. The van der Waals surface area contributed by atoms with Gasteiger partial charge < -0.3 is 15.8 Å². The molecule has 4 nitrogen and oxygen atoms in total. The topological polar surface area (TPSA) is 64.3 Å². The Labute approximate surface area is 111 Å². The second-order valence-electron chi connectivity index (χ2n) is 5.45. The predicted molar refractivity (Wildman–Crippen MR) is 73.3 cm³/mol. The molecule has 0 aliphatic heterocycles. The van der Waals surface area contributed by atoms with E-state index in [9.17, 15) is 4.79 Å². The quantitative estimate of drug-likeness (QED) is 0.730. The van der Waals surface area contributed by atoms with Crippen molar-refractivity contribution < 1.29 is 9.53 Å². The summed E-state index contributed by atoms with van der Waals surface area (Å²) < 4.78 is 6.04. The first kappa shape index (κ1) is 15.4. The average Bonchev–Trinajstić information content (AvgIpc) is 2.43. The Balaban J connectivity index is 2.47. The molecule has 1 atom stereocenters. The molecule has 0 aromatic carbocycles. The van der Waals surface area contributed by atoms with Crippen molar-refractivity contribution >= 4 is 5.91 Å². The van der Waals surface area contributed by atoms with Crippen molar-refractivity contribution in [3.05, 3.63) is 0 Å². The zero-order valence-electron chi connectivity index (χ0n) is 11.8. The van der Waals surface area contributed by atoms with Gasteiger partial charge >= 0.3 is 0 Å². The third kappa shape index (κ3) is 4.58. The summed E-state index contributed by atoms with van der Waals surface area (Å²) in [6.07, 6.45) is 6.83. The highest BCUT2D eigenvalue weighted by Gasteiger charge is 2.33. The van der Waals surface area contributed by atoms with Crippen LogP contribution in [-0.2, 0) is 9.53 Å². The molecule has 1 amide bonds. The summed E-state index contributed by atoms with van der Waals surface area (Å²) in [4.78, 5) is 11.8. The van der Waals surface area contributed by atoms with Crippen molar-refractivity contribution in [2.75, 3.05) is 19.7 Å². The van der Waals surface area contributed by atoms with Gasteiger partial charge in [-0.25, -0.2) is 0 Å². The molecule has 0 radical (unpaired) electrons. The standard InChI is InChI=1S/C14H28N2O2/c1-3-9-18-14(7-5-4-6-8-14)11-16-13(17)12(2)10-15/h12H,3-11,15H2,1-2H3,(H,16,17). The van der Waals surface area contributed by atoms with Crippen LogP contribution in [0.25, 0.3) is 0 Å². The van der Waals surface area contributed by atoms with E-state index in [1.54, 1.807) is 0 Å². The largest absolute Gasteiger partial charge is 0.373 e. The summed E-state index contributed by atoms with van der Waals surface area (Å²) in [5, 5.41) is 3.01. The van der Waals surface area contributed by atoms with Crippen molar-refractivity contribution in [1.82, 2.24) is 5.32 Å². The number of nitrogens with two attached hydrogens (primary N) is 1. The lowest BCUT2D eigenvalue weighted by atomic mass is 9.84. The number of hydrogen-bond acceptors (Lipinski definition) is 3. The third-order valence-electron chi connectivity index (χ3n) is 3.76. The van der Waals surface area contributed by atoms with E-state index in [-0.39, 0.29) is 17.4 Å². The average molecular weight is 256 g/mol. The molecule has 106 valence electrons. The minimum absolute atomic E-state index is 0.0440. The van der Waals surface area contributed by atoms with Crippen molar-refractivity contribution in [2.45, 2.75) is 58.0 Å². The summed E-state index contributed by atoms with van der Waals surface area (Å²) in [5.41, 5.74) is 5.38. The number of amides is 1. The molecule has 18 heavy (non-hydrogen) atoms. The molecule has 1 saturated carbocycles. The summed E-state index contributed by atoms with van der Waals surface area (Å²) in [7, 11) is 0. The SMILES string of the molecule is CCCOC1(CNC(=O)C(C)CN)CCCCC1. The monoisotopic (exact) mass is 256 g/mol. The van der Waals surface area contributed by atoms with Gasteiger partial charge in [-0.1, -0.05) is 33.1 Å². The van der Waals surface area contributed by atoms with Crippen LogP contribution in [0.15, 0.2) is 0 Å². The lowest BCUT2D eigenvalue weighted by Crippen LogP contribution is -2.48. The van der Waals surface area contributed by atoms with Crippen LogP contribution in [0.4, 0.5) is 0 Å². The van der Waals surface area contributed by atoms with Gasteiger partial charge in [-0.3, -0.25) is 4.79 Å². The second kappa shape index (κ2) is 7.74. The molecule has 0 bridgehead atoms. The smallest absolute Gasteiger partial charge is 0.224 e. The summed E-state index contributed by atoms with van der Waals surface area (Å²) >= 11 is 0. The van der Waals surface area contributed by atoms with Crippen molar-refractivity contribution in [3.8, 4) is 0 Å². The maximum Gasteiger partial charge on any atom is 0.224 e. The lowest BCUT2D eigenvalue weighted by Gasteiger charge is -2.37. The van der Waals surface area contributed by atoms with Crippen LogP contribution in [-0.4, -0.2) is 31.2 Å². The zero-order valence-corrected chi connectivity index (χ0v) is 11.8. The summed E-state index contributed by atoms with van der Waals surface area (Å²) in [5.74, 6) is -0.0700. The van der Waals surface area contributed by atoms with Gasteiger partial charge in [0.05, 0.1) is 5.60 Å². The Morgan fingerprint density at radius 2 is 2.06 bits per heavy atom. The van der Waals surface area contributed by atoms with Crippen LogP contribution in [0, 0.1) is 5.92 Å². The molecule has 0 spiro atoms. The summed E-state index contributed by atoms with van der Waals surface area (Å²) in [6, 6.07) is 0. The molecule has 1 aliphatic carbocycles. The molecular formula is C14H28N2O2. The van der Waals surface area contributed by atoms with E-state index in [0.29, 0.717) is 13.1 Å². The highest BCUT2D eigenvalue weighted by atomic mass is 16.5. The Bertz CT molecular complexity index is 250. The third-order valence-corrected chi connectivity index (χ3v) is 3.76. The maximum atomic E-state index is 11.8. The number of ether oxygens (including phenoxy) is 1. The molecular weight excluding hydrogens is 228 g/mol. The van der Waals surface area contributed by atoms with Gasteiger partial charge in [-0.2, -0.15) is 0 Å². The number of hydrogen-bond donors (Lipinski definition) is 2. The molecule has 4 heteroatoms. The van der Waals surface area contributed by atoms with Crippen LogP contribution in [0.5, 0.6) is 0 Å². The number of carbonyl (C=O) groups excluding carboxylic acids is 1. The fourth-order valence-corrected chi connectivity index (χ4v) is 2.42. The van der Waals surface area contributed by atoms with Crippen LogP contribution in [0.3, 0.4) is 0 Å². The first-order chi connectivity index (χ1) is 8.63. The molecule has 1 fully saturated rings. The molecule has 3 N–H and O–H groups in total. The predicted octanol–water partition coefficient (Wildman–Crippen LogP) is 1.83. The molecule has 0 saturated heterocycles. The Kier molecular flexibility index (Phi) is 6.65. The van der Waals surface area contributed by atoms with Crippen molar-refractivity contribution in [1.29, 1.82) is 0 Å². The summed E-state index contributed by atoms with van der Waals surface area (Å²) in [6.45, 7) is 5.79. The maximum absolute atomic E-state index is 11.8. The highest BCUT2D eigenvalue weighted by Crippen LogP contribution is 2.31. The van der Waals surface area contributed by atoms with Crippen LogP contribution < -0.4 is 11.1 Å². The Morgan fingerprint density at radius 1 is 1.39 bits per heavy atom. The van der Waals surface area contributed by atoms with Gasteiger partial charge in [-0.15, -0.1) is 0 Å². The second-order valence-corrected chi connectivity index (χ2v) is 5.45. The van der Waals surface area contributed by atoms with Crippen molar-refractivity contribution in [3.63, 3.8) is 0 Å². The molecule has 0 aromatic heterocycles. The van der Waals surface area contributed by atoms with E-state index < -0.39 is 0 Å². The number of carbonyl (C=O) groups is 1. The molecule has 0 aromatic rings. The first-order valence-electron chi connectivity index (χ1n) is 7.25. The Hall–Kier alpha value is -0.610. The van der Waals surface area contributed by atoms with Gasteiger partial charge in [0.25, 0.3) is 0 Å². The fourth-order valence-electron chi connectivity index (χ4n) is 2.42. The van der Waals surface area contributed by atoms with Crippen LogP contribution in [0.1, 0.15) is 52.4 Å².